The van der Waals surface area contributed by atoms with Crippen LogP contribution in [0, 0.1) is 0 Å². The van der Waals surface area contributed by atoms with Gasteiger partial charge in [0.15, 0.2) is 0 Å². The number of anilines is 1. The van der Waals surface area contributed by atoms with Crippen LogP contribution in [0.25, 0.3) is 0 Å². The number of halogens is 1. The van der Waals surface area contributed by atoms with Gasteiger partial charge in [0.25, 0.3) is 0 Å². The van der Waals surface area contributed by atoms with Crippen LogP contribution in [0.3, 0.4) is 0 Å². The molecular weight excluding hydrogens is 326 g/mol. The van der Waals surface area contributed by atoms with Crippen LogP contribution in [0.1, 0.15) is 5.69 Å². The Morgan fingerprint density at radius 3 is 3.00 bits per heavy atom. The number of nitrogens with zero attached hydrogens (tertiary/aromatic N) is 3. The second-order valence-electron chi connectivity index (χ2n) is 4.01. The van der Waals surface area contributed by atoms with Crippen LogP contribution < -0.4 is 15.8 Å². The van der Waals surface area contributed by atoms with Crippen molar-refractivity contribution in [1.29, 1.82) is 0 Å². The molecule has 0 radical (unpaired) electrons. The third-order valence-electron chi connectivity index (χ3n) is 2.55. The Hall–Kier alpha value is -1.93. The third-order valence-corrected chi connectivity index (χ3v) is 3.24. The lowest BCUT2D eigenvalue weighted by Gasteiger charge is -2.09. The number of benzene rings is 1. The molecule has 20 heavy (non-hydrogen) atoms. The molecule has 2 rings (SSSR count). The van der Waals surface area contributed by atoms with Crippen LogP contribution in [-0.4, -0.2) is 28.0 Å². The standard InChI is InChI=1S/C12H14BrN5O2/c1-20-9-2-3-10(13)11(4-9)15-12(19)7-18-6-8(5-14)16-17-18/h2-4,6H,5,7,14H2,1H3,(H,15,19). The average molecular weight is 340 g/mol. The summed E-state index contributed by atoms with van der Waals surface area (Å²) in [6.45, 7) is 0.361. The zero-order valence-electron chi connectivity index (χ0n) is 10.8. The Balaban J connectivity index is 2.04. The number of hydrogen-bond acceptors (Lipinski definition) is 5. The SMILES string of the molecule is COc1ccc(Br)c(NC(=O)Cn2cc(CN)nn2)c1. The fourth-order valence-corrected chi connectivity index (χ4v) is 1.92. The van der Waals surface area contributed by atoms with Gasteiger partial charge in [-0.25, -0.2) is 4.68 Å². The number of amides is 1. The highest BCUT2D eigenvalue weighted by atomic mass is 79.9. The molecule has 106 valence electrons. The highest BCUT2D eigenvalue weighted by Crippen LogP contribution is 2.27. The molecule has 0 aliphatic carbocycles. The summed E-state index contributed by atoms with van der Waals surface area (Å²) in [4.78, 5) is 11.9. The van der Waals surface area contributed by atoms with E-state index in [4.69, 9.17) is 10.5 Å². The molecule has 2 aromatic rings. The van der Waals surface area contributed by atoms with Gasteiger partial charge in [0.2, 0.25) is 5.91 Å². The zero-order valence-corrected chi connectivity index (χ0v) is 12.4. The summed E-state index contributed by atoms with van der Waals surface area (Å²) in [6.07, 6.45) is 1.64. The van der Waals surface area contributed by atoms with Gasteiger partial charge in [-0.2, -0.15) is 0 Å². The Morgan fingerprint density at radius 1 is 1.55 bits per heavy atom. The number of hydrogen-bond donors (Lipinski definition) is 2. The lowest BCUT2D eigenvalue weighted by atomic mass is 10.3. The van der Waals surface area contributed by atoms with Gasteiger partial charge in [0.1, 0.15) is 12.3 Å². The maximum Gasteiger partial charge on any atom is 0.246 e. The lowest BCUT2D eigenvalue weighted by molar-refractivity contribution is -0.116. The minimum atomic E-state index is -0.215. The Kier molecular flexibility index (Phi) is 4.70. The topological polar surface area (TPSA) is 95.1 Å². The maximum absolute atomic E-state index is 11.9. The molecule has 0 atom stereocenters. The van der Waals surface area contributed by atoms with Crippen molar-refractivity contribution in [2.24, 2.45) is 5.73 Å². The second-order valence-corrected chi connectivity index (χ2v) is 4.86. The van der Waals surface area contributed by atoms with E-state index in [1.54, 1.807) is 31.5 Å². The summed E-state index contributed by atoms with van der Waals surface area (Å²) in [6, 6.07) is 5.33. The van der Waals surface area contributed by atoms with Gasteiger partial charge in [0.05, 0.1) is 24.7 Å². The monoisotopic (exact) mass is 339 g/mol. The van der Waals surface area contributed by atoms with Crippen LogP contribution in [0.2, 0.25) is 0 Å². The molecule has 0 saturated carbocycles. The molecule has 1 aromatic carbocycles. The van der Waals surface area contributed by atoms with E-state index < -0.39 is 0 Å². The Labute approximate surface area is 124 Å². The summed E-state index contributed by atoms with van der Waals surface area (Å²) in [5.41, 5.74) is 6.70. The first-order valence-corrected chi connectivity index (χ1v) is 6.64. The van der Waals surface area contributed by atoms with Gasteiger partial charge in [-0.1, -0.05) is 5.21 Å². The van der Waals surface area contributed by atoms with Crippen LogP contribution in [0.4, 0.5) is 5.69 Å². The van der Waals surface area contributed by atoms with Crippen LogP contribution in [0.5, 0.6) is 5.75 Å². The van der Waals surface area contributed by atoms with E-state index in [2.05, 4.69) is 31.6 Å². The summed E-state index contributed by atoms with van der Waals surface area (Å²) < 4.78 is 7.32. The Morgan fingerprint density at radius 2 is 2.35 bits per heavy atom. The van der Waals surface area contributed by atoms with Gasteiger partial charge in [0, 0.05) is 17.1 Å². The van der Waals surface area contributed by atoms with Gasteiger partial charge in [-0.05, 0) is 28.1 Å². The predicted molar refractivity (Wildman–Crippen MR) is 77.2 cm³/mol. The normalized spacial score (nSPS) is 10.3. The zero-order chi connectivity index (χ0) is 14.5. The molecular formula is C12H14BrN5O2. The van der Waals surface area contributed by atoms with Gasteiger partial charge in [-0.15, -0.1) is 5.10 Å². The molecule has 0 aliphatic rings. The van der Waals surface area contributed by atoms with Crippen molar-refractivity contribution in [1.82, 2.24) is 15.0 Å². The minimum Gasteiger partial charge on any atom is -0.497 e. The summed E-state index contributed by atoms with van der Waals surface area (Å²) in [5.74, 6) is 0.446. The summed E-state index contributed by atoms with van der Waals surface area (Å²) in [5, 5.41) is 10.4. The smallest absolute Gasteiger partial charge is 0.246 e. The van der Waals surface area contributed by atoms with E-state index in [-0.39, 0.29) is 12.5 Å². The summed E-state index contributed by atoms with van der Waals surface area (Å²) >= 11 is 3.37. The van der Waals surface area contributed by atoms with Gasteiger partial charge in [-0.3, -0.25) is 4.79 Å². The molecule has 1 aromatic heterocycles. The fourth-order valence-electron chi connectivity index (χ4n) is 1.57. The first kappa shape index (κ1) is 14.5. The maximum atomic E-state index is 11.9. The molecule has 0 aliphatic heterocycles. The van der Waals surface area contributed by atoms with E-state index in [1.807, 2.05) is 0 Å². The first-order valence-electron chi connectivity index (χ1n) is 5.85. The van der Waals surface area contributed by atoms with Gasteiger partial charge >= 0.3 is 0 Å². The van der Waals surface area contributed by atoms with Crippen molar-refractivity contribution in [2.45, 2.75) is 13.1 Å². The average Bonchev–Trinajstić information content (AvgIpc) is 2.88. The van der Waals surface area contributed by atoms with E-state index in [9.17, 15) is 4.79 Å². The number of methoxy groups -OCH3 is 1. The molecule has 0 spiro atoms. The van der Waals surface area contributed by atoms with Crippen molar-refractivity contribution in [3.8, 4) is 5.75 Å². The molecule has 1 amide bonds. The molecule has 0 bridgehead atoms. The molecule has 0 unspecified atom stereocenters. The highest BCUT2D eigenvalue weighted by molar-refractivity contribution is 9.10. The molecule has 8 heteroatoms. The number of carbonyl (C=O) groups is 1. The van der Waals surface area contributed by atoms with Crippen molar-refractivity contribution >= 4 is 27.5 Å². The number of nitrogens with one attached hydrogen (secondary N) is 1. The largest absolute Gasteiger partial charge is 0.497 e. The third kappa shape index (κ3) is 3.55. The number of nitrogens with two attached hydrogens (primary N) is 1. The van der Waals surface area contributed by atoms with E-state index in [0.717, 1.165) is 4.47 Å². The number of aromatic nitrogens is 3. The summed E-state index contributed by atoms with van der Waals surface area (Å²) in [7, 11) is 1.57. The van der Waals surface area contributed by atoms with Crippen molar-refractivity contribution < 1.29 is 9.53 Å². The van der Waals surface area contributed by atoms with Crippen molar-refractivity contribution in [3.63, 3.8) is 0 Å². The predicted octanol–water partition coefficient (Wildman–Crippen LogP) is 1.15. The van der Waals surface area contributed by atoms with Crippen LogP contribution in [0.15, 0.2) is 28.9 Å². The highest BCUT2D eigenvalue weighted by Gasteiger charge is 2.09. The lowest BCUT2D eigenvalue weighted by Crippen LogP contribution is -2.19. The van der Waals surface area contributed by atoms with E-state index in [0.29, 0.717) is 23.7 Å². The molecule has 7 nitrogen and oxygen atoms in total. The number of carbonyl (C=O) groups excluding carboxylic acids is 1. The molecule has 0 fully saturated rings. The van der Waals surface area contributed by atoms with Crippen molar-refractivity contribution in [2.75, 3.05) is 12.4 Å². The van der Waals surface area contributed by atoms with E-state index >= 15 is 0 Å². The number of ether oxygens (including phenoxy) is 1. The second kappa shape index (κ2) is 6.49. The van der Waals surface area contributed by atoms with E-state index in [1.165, 1.54) is 4.68 Å². The number of rotatable bonds is 5. The first-order chi connectivity index (χ1) is 9.62. The minimum absolute atomic E-state index is 0.0661. The van der Waals surface area contributed by atoms with Crippen LogP contribution >= 0.6 is 15.9 Å². The quantitative estimate of drug-likeness (QED) is 0.851. The molecule has 0 saturated heterocycles. The molecule has 1 heterocycles. The fraction of sp³-hybridized carbons (Fsp3) is 0.250. The van der Waals surface area contributed by atoms with Crippen molar-refractivity contribution in [3.05, 3.63) is 34.6 Å². The molecule has 3 N–H and O–H groups in total. The van der Waals surface area contributed by atoms with Crippen LogP contribution in [-0.2, 0) is 17.9 Å². The van der Waals surface area contributed by atoms with Gasteiger partial charge < -0.3 is 15.8 Å². The Bertz CT molecular complexity index is 614.